The van der Waals surface area contributed by atoms with Crippen molar-refractivity contribution in [2.45, 2.75) is 67.0 Å². The molecule has 4 heteroatoms. The Morgan fingerprint density at radius 2 is 1.70 bits per heavy atom. The van der Waals surface area contributed by atoms with E-state index >= 15 is 0 Å². The van der Waals surface area contributed by atoms with Gasteiger partial charge in [0.2, 0.25) is 0 Å². The second-order valence-electron chi connectivity index (χ2n) is 5.96. The molecule has 0 amide bonds. The Kier molecular flexibility index (Phi) is 10.5. The van der Waals surface area contributed by atoms with Crippen molar-refractivity contribution in [3.8, 4) is 0 Å². The van der Waals surface area contributed by atoms with E-state index in [4.69, 9.17) is 4.74 Å². The number of nitrogens with one attached hydrogen (secondary N) is 2. The Labute approximate surface area is 125 Å². The molecule has 0 saturated carbocycles. The van der Waals surface area contributed by atoms with E-state index < -0.39 is 0 Å². The highest BCUT2D eigenvalue weighted by Gasteiger charge is 2.13. The summed E-state index contributed by atoms with van der Waals surface area (Å²) in [5.74, 6) is 2.04. The van der Waals surface area contributed by atoms with E-state index in [-0.39, 0.29) is 0 Å². The molecular formula is C16H35N3O. The van der Waals surface area contributed by atoms with Gasteiger partial charge in [-0.1, -0.05) is 27.7 Å². The van der Waals surface area contributed by atoms with E-state index in [2.05, 4.69) is 64.1 Å². The van der Waals surface area contributed by atoms with Crippen molar-refractivity contribution in [2.24, 2.45) is 16.8 Å². The lowest BCUT2D eigenvalue weighted by atomic mass is 10.0. The summed E-state index contributed by atoms with van der Waals surface area (Å²) in [5.41, 5.74) is 0. The fourth-order valence-corrected chi connectivity index (χ4v) is 1.83. The van der Waals surface area contributed by atoms with E-state index in [1.54, 1.807) is 0 Å². The van der Waals surface area contributed by atoms with Crippen molar-refractivity contribution in [1.29, 1.82) is 0 Å². The highest BCUT2D eigenvalue weighted by molar-refractivity contribution is 5.80. The van der Waals surface area contributed by atoms with Gasteiger partial charge < -0.3 is 15.4 Å². The summed E-state index contributed by atoms with van der Waals surface area (Å²) in [6.07, 6.45) is 1.27. The van der Waals surface area contributed by atoms with Crippen LogP contribution in [-0.2, 0) is 4.74 Å². The predicted molar refractivity (Wildman–Crippen MR) is 88.3 cm³/mol. The van der Waals surface area contributed by atoms with Gasteiger partial charge in [-0.05, 0) is 39.0 Å². The smallest absolute Gasteiger partial charge is 0.191 e. The van der Waals surface area contributed by atoms with Gasteiger partial charge in [-0.2, -0.15) is 0 Å². The molecule has 0 aromatic rings. The van der Waals surface area contributed by atoms with Crippen LogP contribution in [0.5, 0.6) is 0 Å². The lowest BCUT2D eigenvalue weighted by molar-refractivity contribution is 0.0266. The zero-order valence-electron chi connectivity index (χ0n) is 14.5. The van der Waals surface area contributed by atoms with Crippen LogP contribution in [0, 0.1) is 11.8 Å². The first-order valence-corrected chi connectivity index (χ1v) is 8.08. The van der Waals surface area contributed by atoms with Gasteiger partial charge in [-0.3, -0.25) is 4.99 Å². The minimum absolute atomic E-state index is 0.300. The number of nitrogens with zero attached hydrogens (tertiary/aromatic N) is 1. The summed E-state index contributed by atoms with van der Waals surface area (Å²) in [4.78, 5) is 4.65. The van der Waals surface area contributed by atoms with Gasteiger partial charge in [-0.15, -0.1) is 0 Å². The van der Waals surface area contributed by atoms with Gasteiger partial charge in [0.25, 0.3) is 0 Å². The van der Waals surface area contributed by atoms with Crippen LogP contribution in [0.3, 0.4) is 0 Å². The quantitative estimate of drug-likeness (QED) is 0.505. The number of aliphatic imine (C=N–C) groups is 1. The molecule has 0 radical (unpaired) electrons. The van der Waals surface area contributed by atoms with Crippen molar-refractivity contribution < 1.29 is 4.74 Å². The third-order valence-corrected chi connectivity index (χ3v) is 3.52. The summed E-state index contributed by atoms with van der Waals surface area (Å²) >= 11 is 0. The monoisotopic (exact) mass is 285 g/mol. The summed E-state index contributed by atoms with van der Waals surface area (Å²) in [6, 6.07) is 0.417. The first-order chi connectivity index (χ1) is 9.42. The second kappa shape index (κ2) is 11.0. The van der Waals surface area contributed by atoms with Gasteiger partial charge in [0.1, 0.15) is 0 Å². The molecule has 0 heterocycles. The largest absolute Gasteiger partial charge is 0.378 e. The molecule has 0 aromatic heterocycles. The SMILES string of the molecule is CCNC(=NCCC(OCC)C(C)C)NC(C)C(C)C. The predicted octanol–water partition coefficient (Wildman–Crippen LogP) is 3.04. The summed E-state index contributed by atoms with van der Waals surface area (Å²) < 4.78 is 5.75. The molecule has 2 unspecified atom stereocenters. The highest BCUT2D eigenvalue weighted by Crippen LogP contribution is 2.10. The van der Waals surface area contributed by atoms with E-state index in [9.17, 15) is 0 Å². The maximum Gasteiger partial charge on any atom is 0.191 e. The molecule has 4 nitrogen and oxygen atoms in total. The Hall–Kier alpha value is -0.770. The fourth-order valence-electron chi connectivity index (χ4n) is 1.83. The van der Waals surface area contributed by atoms with Crippen LogP contribution >= 0.6 is 0 Å². The Balaban J connectivity index is 4.38. The third-order valence-electron chi connectivity index (χ3n) is 3.52. The Morgan fingerprint density at radius 3 is 2.15 bits per heavy atom. The fraction of sp³-hybridized carbons (Fsp3) is 0.938. The van der Waals surface area contributed by atoms with Crippen LogP contribution in [0.25, 0.3) is 0 Å². The molecular weight excluding hydrogens is 250 g/mol. The molecule has 0 rings (SSSR count). The number of ether oxygens (including phenoxy) is 1. The molecule has 0 spiro atoms. The van der Waals surface area contributed by atoms with Gasteiger partial charge in [0.05, 0.1) is 6.10 Å². The van der Waals surface area contributed by atoms with Crippen molar-refractivity contribution in [1.82, 2.24) is 10.6 Å². The van der Waals surface area contributed by atoms with Crippen molar-refractivity contribution >= 4 is 5.96 Å². The Morgan fingerprint density at radius 1 is 1.05 bits per heavy atom. The van der Waals surface area contributed by atoms with E-state index in [0.29, 0.717) is 24.0 Å². The molecule has 0 aliphatic rings. The van der Waals surface area contributed by atoms with Crippen LogP contribution in [0.2, 0.25) is 0 Å². The molecule has 0 saturated heterocycles. The standard InChI is InChI=1S/C16H35N3O/c1-8-17-16(19-14(7)12(3)4)18-11-10-15(13(5)6)20-9-2/h12-15H,8-11H2,1-7H3,(H2,17,18,19). The highest BCUT2D eigenvalue weighted by atomic mass is 16.5. The molecule has 0 bridgehead atoms. The van der Waals surface area contributed by atoms with Gasteiger partial charge in [0.15, 0.2) is 5.96 Å². The average Bonchev–Trinajstić information content (AvgIpc) is 2.37. The van der Waals surface area contributed by atoms with Gasteiger partial charge in [0, 0.05) is 25.7 Å². The van der Waals surface area contributed by atoms with E-state index in [0.717, 1.165) is 32.1 Å². The van der Waals surface area contributed by atoms with Crippen LogP contribution < -0.4 is 10.6 Å². The lowest BCUT2D eigenvalue weighted by Crippen LogP contribution is -2.44. The van der Waals surface area contributed by atoms with Crippen LogP contribution in [0.4, 0.5) is 0 Å². The van der Waals surface area contributed by atoms with Gasteiger partial charge >= 0.3 is 0 Å². The Bertz CT molecular complexity index is 264. The second-order valence-corrected chi connectivity index (χ2v) is 5.96. The maximum atomic E-state index is 5.75. The van der Waals surface area contributed by atoms with Crippen molar-refractivity contribution in [3.63, 3.8) is 0 Å². The molecule has 0 aromatic carbocycles. The van der Waals surface area contributed by atoms with E-state index in [1.165, 1.54) is 0 Å². The first-order valence-electron chi connectivity index (χ1n) is 8.08. The first kappa shape index (κ1) is 19.2. The van der Waals surface area contributed by atoms with Crippen molar-refractivity contribution in [2.75, 3.05) is 19.7 Å². The lowest BCUT2D eigenvalue weighted by Gasteiger charge is -2.22. The topological polar surface area (TPSA) is 45.7 Å². The zero-order chi connectivity index (χ0) is 15.5. The molecule has 2 atom stereocenters. The molecule has 0 aliphatic carbocycles. The number of rotatable bonds is 9. The summed E-state index contributed by atoms with van der Waals surface area (Å²) in [7, 11) is 0. The number of guanidine groups is 1. The van der Waals surface area contributed by atoms with E-state index in [1.807, 2.05) is 0 Å². The molecule has 0 fully saturated rings. The zero-order valence-corrected chi connectivity index (χ0v) is 14.5. The minimum Gasteiger partial charge on any atom is -0.378 e. The number of hydrogen-bond donors (Lipinski definition) is 2. The van der Waals surface area contributed by atoms with Crippen LogP contribution in [-0.4, -0.2) is 37.8 Å². The maximum absolute atomic E-state index is 5.75. The van der Waals surface area contributed by atoms with Gasteiger partial charge in [-0.25, -0.2) is 0 Å². The third kappa shape index (κ3) is 8.41. The summed E-state index contributed by atoms with van der Waals surface area (Å²) in [6.45, 7) is 17.6. The summed E-state index contributed by atoms with van der Waals surface area (Å²) in [5, 5.41) is 6.75. The number of hydrogen-bond acceptors (Lipinski definition) is 2. The minimum atomic E-state index is 0.300. The van der Waals surface area contributed by atoms with Crippen LogP contribution in [0.15, 0.2) is 4.99 Å². The molecule has 0 aliphatic heterocycles. The van der Waals surface area contributed by atoms with Crippen LogP contribution in [0.1, 0.15) is 54.9 Å². The van der Waals surface area contributed by atoms with Crippen molar-refractivity contribution in [3.05, 3.63) is 0 Å². The average molecular weight is 285 g/mol. The normalized spacial score (nSPS) is 15.6. The molecule has 20 heavy (non-hydrogen) atoms. The molecule has 120 valence electrons. The molecule has 2 N–H and O–H groups in total.